The molecule has 1 N–H and O–H groups in total. The lowest BCUT2D eigenvalue weighted by molar-refractivity contribution is 1.02. The normalized spacial score (nSPS) is 13.3. The number of anilines is 1. The van der Waals surface area contributed by atoms with Crippen LogP contribution in [0.2, 0.25) is 0 Å². The van der Waals surface area contributed by atoms with Crippen molar-refractivity contribution in [2.45, 2.75) is 20.3 Å². The average Bonchev–Trinajstić information content (AvgIpc) is 2.74. The number of rotatable bonds is 1. The fraction of sp³-hybridized carbons (Fsp3) is 0.286. The second-order valence-corrected chi connectivity index (χ2v) is 4.49. The highest BCUT2D eigenvalue weighted by Crippen LogP contribution is 2.27. The molecule has 17 heavy (non-hydrogen) atoms. The summed E-state index contributed by atoms with van der Waals surface area (Å²) < 4.78 is 0. The third kappa shape index (κ3) is 1.88. The van der Waals surface area contributed by atoms with E-state index in [1.54, 1.807) is 0 Å². The Hall–Kier alpha value is -1.90. The van der Waals surface area contributed by atoms with Crippen molar-refractivity contribution < 1.29 is 0 Å². The molecule has 2 heterocycles. The Bertz CT molecular complexity index is 555. The molecule has 0 amide bonds. The van der Waals surface area contributed by atoms with Crippen LogP contribution in [0.25, 0.3) is 11.3 Å². The van der Waals surface area contributed by atoms with Crippen molar-refractivity contribution in [2.75, 3.05) is 11.9 Å². The highest BCUT2D eigenvalue weighted by Gasteiger charge is 2.11. The molecule has 0 atom stereocenters. The van der Waals surface area contributed by atoms with E-state index < -0.39 is 0 Å². The third-order valence-electron chi connectivity index (χ3n) is 3.08. The quantitative estimate of drug-likeness (QED) is 0.811. The van der Waals surface area contributed by atoms with Gasteiger partial charge in [-0.15, -0.1) is 0 Å². The molecule has 1 aliphatic rings. The van der Waals surface area contributed by atoms with Gasteiger partial charge in [0.1, 0.15) is 5.82 Å². The highest BCUT2D eigenvalue weighted by atomic mass is 14.9. The van der Waals surface area contributed by atoms with Gasteiger partial charge in [-0.25, -0.2) is 9.97 Å². The van der Waals surface area contributed by atoms with Crippen molar-refractivity contribution >= 4 is 5.69 Å². The molecule has 3 rings (SSSR count). The first kappa shape index (κ1) is 10.3. The van der Waals surface area contributed by atoms with Crippen LogP contribution in [-0.4, -0.2) is 16.5 Å². The second kappa shape index (κ2) is 3.84. The number of hydrogen-bond donors (Lipinski definition) is 1. The largest absolute Gasteiger partial charge is 0.384 e. The number of benzene rings is 1. The fourth-order valence-corrected chi connectivity index (χ4v) is 2.33. The Balaban J connectivity index is 2.09. The Labute approximate surface area is 101 Å². The van der Waals surface area contributed by atoms with E-state index in [2.05, 4.69) is 33.5 Å². The first-order valence-corrected chi connectivity index (χ1v) is 5.92. The molecule has 3 nitrogen and oxygen atoms in total. The van der Waals surface area contributed by atoms with Gasteiger partial charge < -0.3 is 5.32 Å². The van der Waals surface area contributed by atoms with E-state index in [1.165, 1.54) is 16.8 Å². The zero-order chi connectivity index (χ0) is 11.8. The summed E-state index contributed by atoms with van der Waals surface area (Å²) in [6, 6.07) is 8.54. The summed E-state index contributed by atoms with van der Waals surface area (Å²) in [5, 5.41) is 3.37. The van der Waals surface area contributed by atoms with Gasteiger partial charge in [0.25, 0.3) is 0 Å². The molecule has 0 saturated carbocycles. The molecule has 1 aromatic carbocycles. The van der Waals surface area contributed by atoms with E-state index in [-0.39, 0.29) is 0 Å². The summed E-state index contributed by atoms with van der Waals surface area (Å²) >= 11 is 0. The van der Waals surface area contributed by atoms with Crippen molar-refractivity contribution in [1.29, 1.82) is 0 Å². The van der Waals surface area contributed by atoms with Gasteiger partial charge in [0.05, 0.1) is 5.69 Å². The maximum atomic E-state index is 4.50. The predicted octanol–water partition coefficient (Wildman–Crippen LogP) is 2.73. The van der Waals surface area contributed by atoms with E-state index in [4.69, 9.17) is 0 Å². The Morgan fingerprint density at radius 2 is 2.00 bits per heavy atom. The van der Waals surface area contributed by atoms with Gasteiger partial charge in [-0.2, -0.15) is 0 Å². The van der Waals surface area contributed by atoms with Gasteiger partial charge in [-0.05, 0) is 44.0 Å². The van der Waals surface area contributed by atoms with E-state index in [0.717, 1.165) is 30.2 Å². The molecule has 0 aliphatic carbocycles. The molecule has 1 aromatic heterocycles. The summed E-state index contributed by atoms with van der Waals surface area (Å²) in [7, 11) is 0. The molecule has 1 aliphatic heterocycles. The van der Waals surface area contributed by atoms with Crippen LogP contribution < -0.4 is 5.32 Å². The Kier molecular flexibility index (Phi) is 2.32. The minimum atomic E-state index is 0.832. The van der Waals surface area contributed by atoms with Crippen molar-refractivity contribution in [3.05, 3.63) is 41.3 Å². The maximum Gasteiger partial charge on any atom is 0.126 e. The molecule has 0 saturated heterocycles. The topological polar surface area (TPSA) is 37.8 Å². The van der Waals surface area contributed by atoms with E-state index >= 15 is 0 Å². The van der Waals surface area contributed by atoms with E-state index in [0.29, 0.717) is 0 Å². The Morgan fingerprint density at radius 1 is 1.12 bits per heavy atom. The molecule has 0 fully saturated rings. The fourth-order valence-electron chi connectivity index (χ4n) is 2.33. The molecule has 0 radical (unpaired) electrons. The van der Waals surface area contributed by atoms with E-state index in [1.807, 2.05) is 19.9 Å². The van der Waals surface area contributed by atoms with Gasteiger partial charge in [-0.3, -0.25) is 0 Å². The molecule has 0 unspecified atom stereocenters. The van der Waals surface area contributed by atoms with Crippen molar-refractivity contribution in [3.63, 3.8) is 0 Å². The monoisotopic (exact) mass is 225 g/mol. The van der Waals surface area contributed by atoms with Crippen molar-refractivity contribution in [1.82, 2.24) is 9.97 Å². The molecular weight excluding hydrogens is 210 g/mol. The second-order valence-electron chi connectivity index (χ2n) is 4.49. The van der Waals surface area contributed by atoms with E-state index in [9.17, 15) is 0 Å². The third-order valence-corrected chi connectivity index (χ3v) is 3.08. The molecule has 86 valence electrons. The number of fused-ring (bicyclic) bond motifs is 1. The highest BCUT2D eigenvalue weighted by molar-refractivity contribution is 5.67. The molecule has 0 spiro atoms. The summed E-state index contributed by atoms with van der Waals surface area (Å²) in [4.78, 5) is 8.81. The molecule has 3 heteroatoms. The molecule has 0 bridgehead atoms. The van der Waals surface area contributed by atoms with Gasteiger partial charge in [0.2, 0.25) is 0 Å². The first-order valence-electron chi connectivity index (χ1n) is 5.92. The van der Waals surface area contributed by atoms with Crippen LogP contribution in [0.1, 0.15) is 17.1 Å². The minimum absolute atomic E-state index is 0.832. The summed E-state index contributed by atoms with van der Waals surface area (Å²) in [6.45, 7) is 4.99. The number of hydrogen-bond acceptors (Lipinski definition) is 3. The summed E-state index contributed by atoms with van der Waals surface area (Å²) in [5.41, 5.74) is 5.87. The average molecular weight is 225 g/mol. The van der Waals surface area contributed by atoms with Crippen LogP contribution >= 0.6 is 0 Å². The molecule has 2 aromatic rings. The van der Waals surface area contributed by atoms with Crippen LogP contribution in [0.4, 0.5) is 5.69 Å². The Morgan fingerprint density at radius 3 is 2.82 bits per heavy atom. The van der Waals surface area contributed by atoms with Crippen LogP contribution in [0, 0.1) is 13.8 Å². The predicted molar refractivity (Wildman–Crippen MR) is 69.1 cm³/mol. The van der Waals surface area contributed by atoms with Gasteiger partial charge in [0.15, 0.2) is 0 Å². The number of aromatic nitrogens is 2. The standard InChI is InChI=1S/C14H15N3/c1-9-7-14(17-10(2)16-9)11-3-4-13-12(8-11)5-6-15-13/h3-4,7-8,15H,5-6H2,1-2H3. The lowest BCUT2D eigenvalue weighted by atomic mass is 10.1. The van der Waals surface area contributed by atoms with Crippen LogP contribution in [0.3, 0.4) is 0 Å². The minimum Gasteiger partial charge on any atom is -0.384 e. The summed E-state index contributed by atoms with van der Waals surface area (Å²) in [6.07, 6.45) is 1.10. The SMILES string of the molecule is Cc1cc(-c2ccc3c(c2)CCN3)nc(C)n1. The van der Waals surface area contributed by atoms with Gasteiger partial charge >= 0.3 is 0 Å². The molecular formula is C14H15N3. The van der Waals surface area contributed by atoms with Crippen LogP contribution in [0.5, 0.6) is 0 Å². The van der Waals surface area contributed by atoms with Gasteiger partial charge in [0, 0.05) is 23.5 Å². The zero-order valence-corrected chi connectivity index (χ0v) is 10.1. The number of aryl methyl sites for hydroxylation is 2. The van der Waals surface area contributed by atoms with Gasteiger partial charge in [-0.1, -0.05) is 6.07 Å². The maximum absolute atomic E-state index is 4.50. The zero-order valence-electron chi connectivity index (χ0n) is 10.1. The lowest BCUT2D eigenvalue weighted by Crippen LogP contribution is -1.94. The summed E-state index contributed by atoms with van der Waals surface area (Å²) in [5.74, 6) is 0.832. The van der Waals surface area contributed by atoms with Crippen LogP contribution in [0.15, 0.2) is 24.3 Å². The number of nitrogens with one attached hydrogen (secondary N) is 1. The smallest absolute Gasteiger partial charge is 0.126 e. The first-order chi connectivity index (χ1) is 8.22. The van der Waals surface area contributed by atoms with Crippen LogP contribution in [-0.2, 0) is 6.42 Å². The van der Waals surface area contributed by atoms with Crippen molar-refractivity contribution in [3.8, 4) is 11.3 Å². The van der Waals surface area contributed by atoms with Crippen molar-refractivity contribution in [2.24, 2.45) is 0 Å². The number of nitrogens with zero attached hydrogens (tertiary/aromatic N) is 2. The lowest BCUT2D eigenvalue weighted by Gasteiger charge is -2.06.